The molecule has 0 atom stereocenters. The van der Waals surface area contributed by atoms with E-state index in [4.69, 9.17) is 0 Å². The lowest BCUT2D eigenvalue weighted by molar-refractivity contribution is -0.115. The molecule has 108 valence electrons. The number of rotatable bonds is 4. The molecule has 3 heterocycles. The zero-order valence-electron chi connectivity index (χ0n) is 12.1. The van der Waals surface area contributed by atoms with Crippen LogP contribution in [0.3, 0.4) is 0 Å². The van der Waals surface area contributed by atoms with Crippen molar-refractivity contribution in [3.8, 4) is 0 Å². The van der Waals surface area contributed by atoms with Gasteiger partial charge in [0, 0.05) is 31.0 Å². The molecule has 3 aromatic heterocycles. The van der Waals surface area contributed by atoms with Crippen molar-refractivity contribution in [1.29, 1.82) is 0 Å². The fourth-order valence-corrected chi connectivity index (χ4v) is 2.43. The van der Waals surface area contributed by atoms with Crippen molar-refractivity contribution in [2.45, 2.75) is 19.8 Å². The number of anilines is 1. The van der Waals surface area contributed by atoms with Gasteiger partial charge in [-0.1, -0.05) is 6.92 Å². The molecule has 0 bridgehead atoms. The molecular weight excluding hydrogens is 266 g/mol. The highest BCUT2D eigenvalue weighted by Crippen LogP contribution is 2.18. The van der Waals surface area contributed by atoms with Crippen molar-refractivity contribution >= 4 is 22.6 Å². The average Bonchev–Trinajstić information content (AvgIpc) is 3.03. The molecule has 0 aliphatic heterocycles. The number of aromatic amines is 1. The van der Waals surface area contributed by atoms with Gasteiger partial charge in [0.2, 0.25) is 5.91 Å². The monoisotopic (exact) mass is 283 g/mol. The summed E-state index contributed by atoms with van der Waals surface area (Å²) in [5, 5.41) is 8.22. The zero-order valence-corrected chi connectivity index (χ0v) is 12.1. The topological polar surface area (TPSA) is 75.6 Å². The van der Waals surface area contributed by atoms with Gasteiger partial charge in [-0.15, -0.1) is 0 Å². The first kappa shape index (κ1) is 13.4. The molecule has 0 unspecified atom stereocenters. The molecule has 3 aromatic rings. The van der Waals surface area contributed by atoms with E-state index >= 15 is 0 Å². The Morgan fingerprint density at radius 1 is 1.48 bits per heavy atom. The number of carbonyl (C=O) groups excluding carboxylic acids is 1. The Hall–Kier alpha value is -2.63. The molecule has 0 saturated heterocycles. The smallest absolute Gasteiger partial charge is 0.228 e. The van der Waals surface area contributed by atoms with Crippen LogP contribution >= 0.6 is 0 Å². The molecule has 6 heteroatoms. The van der Waals surface area contributed by atoms with Crippen LogP contribution in [0.15, 0.2) is 30.7 Å². The van der Waals surface area contributed by atoms with Gasteiger partial charge in [-0.05, 0) is 24.1 Å². The van der Waals surface area contributed by atoms with Gasteiger partial charge in [-0.2, -0.15) is 5.10 Å². The summed E-state index contributed by atoms with van der Waals surface area (Å²) in [6.07, 6.45) is 6.48. The molecule has 0 radical (unpaired) electrons. The van der Waals surface area contributed by atoms with Crippen molar-refractivity contribution < 1.29 is 4.79 Å². The van der Waals surface area contributed by atoms with E-state index in [2.05, 4.69) is 20.4 Å². The highest BCUT2D eigenvalue weighted by Gasteiger charge is 2.12. The van der Waals surface area contributed by atoms with Crippen molar-refractivity contribution in [2.75, 3.05) is 5.32 Å². The second-order valence-corrected chi connectivity index (χ2v) is 4.96. The normalized spacial score (nSPS) is 11.0. The van der Waals surface area contributed by atoms with E-state index in [1.165, 1.54) is 0 Å². The van der Waals surface area contributed by atoms with E-state index in [1.807, 2.05) is 38.5 Å². The SMILES string of the molecule is CCc1nn(C)cc1NC(=O)Cc1c[nH]c2ncccc12. The number of hydrogen-bond donors (Lipinski definition) is 2. The van der Waals surface area contributed by atoms with Gasteiger partial charge in [0.05, 0.1) is 17.8 Å². The maximum atomic E-state index is 12.2. The van der Waals surface area contributed by atoms with Gasteiger partial charge in [0.25, 0.3) is 0 Å². The Morgan fingerprint density at radius 2 is 2.33 bits per heavy atom. The quantitative estimate of drug-likeness (QED) is 0.769. The molecule has 1 amide bonds. The van der Waals surface area contributed by atoms with Crippen LogP contribution in [0.2, 0.25) is 0 Å². The third-order valence-electron chi connectivity index (χ3n) is 3.40. The second-order valence-electron chi connectivity index (χ2n) is 4.96. The van der Waals surface area contributed by atoms with E-state index in [9.17, 15) is 4.79 Å². The minimum Gasteiger partial charge on any atom is -0.346 e. The molecule has 21 heavy (non-hydrogen) atoms. The number of nitrogens with zero attached hydrogens (tertiary/aromatic N) is 3. The summed E-state index contributed by atoms with van der Waals surface area (Å²) in [7, 11) is 1.85. The fraction of sp³-hybridized carbons (Fsp3) is 0.267. The third kappa shape index (κ3) is 2.65. The standard InChI is InChI=1S/C15H17N5O/c1-3-12-13(9-20(2)19-12)18-14(21)7-10-8-17-15-11(10)5-4-6-16-15/h4-6,8-9H,3,7H2,1-2H3,(H,16,17)(H,18,21). The lowest BCUT2D eigenvalue weighted by Crippen LogP contribution is -2.14. The first-order chi connectivity index (χ1) is 10.2. The average molecular weight is 283 g/mol. The van der Waals surface area contributed by atoms with Crippen molar-refractivity contribution in [3.05, 3.63) is 42.0 Å². The van der Waals surface area contributed by atoms with Gasteiger partial charge in [-0.25, -0.2) is 4.98 Å². The summed E-state index contributed by atoms with van der Waals surface area (Å²) in [6.45, 7) is 2.02. The Labute approximate surface area is 122 Å². The van der Waals surface area contributed by atoms with Crippen LogP contribution in [0, 0.1) is 0 Å². The minimum atomic E-state index is -0.0533. The van der Waals surface area contributed by atoms with Crippen LogP contribution in [-0.4, -0.2) is 25.7 Å². The Kier molecular flexibility index (Phi) is 3.43. The van der Waals surface area contributed by atoms with Crippen molar-refractivity contribution in [1.82, 2.24) is 19.7 Å². The summed E-state index contributed by atoms with van der Waals surface area (Å²) >= 11 is 0. The molecule has 0 fully saturated rings. The predicted octanol–water partition coefficient (Wildman–Crippen LogP) is 2.04. The summed E-state index contributed by atoms with van der Waals surface area (Å²) in [5.74, 6) is -0.0533. The first-order valence-corrected chi connectivity index (χ1v) is 6.90. The van der Waals surface area contributed by atoms with Crippen LogP contribution in [0.1, 0.15) is 18.2 Å². The summed E-state index contributed by atoms with van der Waals surface area (Å²) in [6, 6.07) is 3.83. The molecule has 0 saturated carbocycles. The van der Waals surface area contributed by atoms with Crippen molar-refractivity contribution in [3.63, 3.8) is 0 Å². The maximum absolute atomic E-state index is 12.2. The highest BCUT2D eigenvalue weighted by atomic mass is 16.1. The van der Waals surface area contributed by atoms with Crippen LogP contribution in [0.4, 0.5) is 5.69 Å². The predicted molar refractivity (Wildman–Crippen MR) is 81.0 cm³/mol. The molecule has 6 nitrogen and oxygen atoms in total. The molecular formula is C15H17N5O. The summed E-state index contributed by atoms with van der Waals surface area (Å²) in [4.78, 5) is 19.5. The zero-order chi connectivity index (χ0) is 14.8. The molecule has 0 aromatic carbocycles. The summed E-state index contributed by atoms with van der Waals surface area (Å²) in [5.41, 5.74) is 3.42. The Balaban J connectivity index is 1.77. The van der Waals surface area contributed by atoms with Crippen LogP contribution in [0.25, 0.3) is 11.0 Å². The molecule has 2 N–H and O–H groups in total. The van der Waals surface area contributed by atoms with E-state index in [0.29, 0.717) is 6.42 Å². The Morgan fingerprint density at radius 3 is 3.14 bits per heavy atom. The molecule has 0 aliphatic rings. The number of amides is 1. The van der Waals surface area contributed by atoms with Gasteiger partial charge >= 0.3 is 0 Å². The fourth-order valence-electron chi connectivity index (χ4n) is 2.43. The van der Waals surface area contributed by atoms with Crippen molar-refractivity contribution in [2.24, 2.45) is 7.05 Å². The van der Waals surface area contributed by atoms with E-state index in [-0.39, 0.29) is 5.91 Å². The number of hydrogen-bond acceptors (Lipinski definition) is 3. The number of H-pyrrole nitrogens is 1. The molecule has 3 rings (SSSR count). The third-order valence-corrected chi connectivity index (χ3v) is 3.40. The van der Waals surface area contributed by atoms with Gasteiger partial charge in [-0.3, -0.25) is 9.48 Å². The first-order valence-electron chi connectivity index (χ1n) is 6.90. The van der Waals surface area contributed by atoms with Crippen LogP contribution in [0.5, 0.6) is 0 Å². The number of carbonyl (C=O) groups is 1. The number of aryl methyl sites for hydroxylation is 2. The van der Waals surface area contributed by atoms with E-state index in [0.717, 1.165) is 34.4 Å². The largest absolute Gasteiger partial charge is 0.346 e. The maximum Gasteiger partial charge on any atom is 0.228 e. The lowest BCUT2D eigenvalue weighted by Gasteiger charge is -2.03. The van der Waals surface area contributed by atoms with Crippen LogP contribution in [-0.2, 0) is 24.7 Å². The summed E-state index contributed by atoms with van der Waals surface area (Å²) < 4.78 is 1.71. The number of aromatic nitrogens is 4. The number of nitrogens with one attached hydrogen (secondary N) is 2. The molecule has 0 spiro atoms. The van der Waals surface area contributed by atoms with E-state index < -0.39 is 0 Å². The van der Waals surface area contributed by atoms with Gasteiger partial charge in [0.1, 0.15) is 5.65 Å². The Bertz CT molecular complexity index is 786. The van der Waals surface area contributed by atoms with E-state index in [1.54, 1.807) is 10.9 Å². The van der Waals surface area contributed by atoms with Gasteiger partial charge < -0.3 is 10.3 Å². The lowest BCUT2D eigenvalue weighted by atomic mass is 10.1. The van der Waals surface area contributed by atoms with Gasteiger partial charge in [0.15, 0.2) is 0 Å². The highest BCUT2D eigenvalue weighted by molar-refractivity contribution is 5.95. The molecule has 0 aliphatic carbocycles. The minimum absolute atomic E-state index is 0.0533. The number of fused-ring (bicyclic) bond motifs is 1. The second kappa shape index (κ2) is 5.40. The van der Waals surface area contributed by atoms with Crippen LogP contribution < -0.4 is 5.32 Å². The number of pyridine rings is 1.